The van der Waals surface area contributed by atoms with Gasteiger partial charge in [-0.25, -0.2) is 4.39 Å². The smallest absolute Gasteiger partial charge is 0.310 e. The molecule has 0 bridgehead atoms. The number of hydrogen-bond acceptors (Lipinski definition) is 1. The second kappa shape index (κ2) is 4.22. The van der Waals surface area contributed by atoms with Crippen LogP contribution in [0.3, 0.4) is 0 Å². The van der Waals surface area contributed by atoms with Crippen LogP contribution in [0.15, 0.2) is 18.2 Å². The summed E-state index contributed by atoms with van der Waals surface area (Å²) in [4.78, 5) is 11.5. The third-order valence-corrected chi connectivity index (χ3v) is 3.82. The molecule has 0 saturated heterocycles. The second-order valence-electron chi connectivity index (χ2n) is 3.97. The molecule has 0 spiro atoms. The van der Waals surface area contributed by atoms with E-state index in [9.17, 15) is 22.4 Å². The standard InChI is InChI=1S/C11H8BrF4NO/c1-5(11(14,15)16)17-9(12)6-3-2-4-7(13)8(6)10(17)18/h2-5,9H,1H3/t5?,9-/m1/s1. The predicted octanol–water partition coefficient (Wildman–Crippen LogP) is 3.63. The highest BCUT2D eigenvalue weighted by molar-refractivity contribution is 9.09. The number of amides is 1. The summed E-state index contributed by atoms with van der Waals surface area (Å²) in [6.45, 7) is 0.871. The molecule has 2 atom stereocenters. The minimum absolute atomic E-state index is 0.219. The van der Waals surface area contributed by atoms with E-state index in [1.54, 1.807) is 0 Å². The lowest BCUT2D eigenvalue weighted by Gasteiger charge is -2.29. The van der Waals surface area contributed by atoms with Crippen molar-refractivity contribution in [3.8, 4) is 0 Å². The molecule has 1 amide bonds. The van der Waals surface area contributed by atoms with Crippen molar-refractivity contribution in [2.75, 3.05) is 0 Å². The Bertz CT molecular complexity index is 502. The van der Waals surface area contributed by atoms with Crippen LogP contribution in [0.25, 0.3) is 0 Å². The molecular formula is C11H8BrF4NO. The highest BCUT2D eigenvalue weighted by Gasteiger charge is 2.49. The van der Waals surface area contributed by atoms with Gasteiger partial charge in [0, 0.05) is 5.56 Å². The Morgan fingerprint density at radius 2 is 2.00 bits per heavy atom. The molecule has 1 heterocycles. The van der Waals surface area contributed by atoms with Crippen LogP contribution < -0.4 is 0 Å². The molecule has 1 aliphatic heterocycles. The molecule has 1 aromatic rings. The summed E-state index contributed by atoms with van der Waals surface area (Å²) in [7, 11) is 0. The lowest BCUT2D eigenvalue weighted by molar-refractivity contribution is -0.172. The van der Waals surface area contributed by atoms with Gasteiger partial charge in [0.25, 0.3) is 5.91 Å². The average molecular weight is 326 g/mol. The van der Waals surface area contributed by atoms with E-state index >= 15 is 0 Å². The maximum atomic E-state index is 13.5. The van der Waals surface area contributed by atoms with Crippen molar-refractivity contribution >= 4 is 21.8 Å². The van der Waals surface area contributed by atoms with Crippen LogP contribution in [-0.2, 0) is 0 Å². The van der Waals surface area contributed by atoms with Crippen LogP contribution in [0, 0.1) is 5.82 Å². The molecule has 1 unspecified atom stereocenters. The van der Waals surface area contributed by atoms with Gasteiger partial charge in [-0.2, -0.15) is 13.2 Å². The number of rotatable bonds is 1. The van der Waals surface area contributed by atoms with Crippen molar-refractivity contribution in [3.05, 3.63) is 35.1 Å². The lowest BCUT2D eigenvalue weighted by atomic mass is 10.1. The fourth-order valence-corrected chi connectivity index (χ4v) is 2.80. The summed E-state index contributed by atoms with van der Waals surface area (Å²) in [6.07, 6.45) is -4.56. The molecule has 2 nitrogen and oxygen atoms in total. The molecule has 98 valence electrons. The van der Waals surface area contributed by atoms with Crippen molar-refractivity contribution in [2.24, 2.45) is 0 Å². The van der Waals surface area contributed by atoms with Gasteiger partial charge >= 0.3 is 6.18 Å². The third-order valence-electron chi connectivity index (χ3n) is 2.89. The first-order chi connectivity index (χ1) is 8.25. The number of carbonyl (C=O) groups excluding carboxylic acids is 1. The molecule has 0 aliphatic carbocycles. The molecule has 2 rings (SSSR count). The first kappa shape index (κ1) is 13.3. The molecule has 1 aliphatic rings. The minimum atomic E-state index is -4.56. The number of benzene rings is 1. The zero-order valence-electron chi connectivity index (χ0n) is 9.13. The van der Waals surface area contributed by atoms with E-state index in [1.165, 1.54) is 12.1 Å². The predicted molar refractivity (Wildman–Crippen MR) is 59.8 cm³/mol. The van der Waals surface area contributed by atoms with Gasteiger partial charge < -0.3 is 4.90 Å². The van der Waals surface area contributed by atoms with Crippen LogP contribution >= 0.6 is 15.9 Å². The van der Waals surface area contributed by atoms with Crippen LogP contribution in [0.5, 0.6) is 0 Å². The largest absolute Gasteiger partial charge is 0.408 e. The summed E-state index contributed by atoms with van der Waals surface area (Å²) in [5.74, 6) is -1.76. The van der Waals surface area contributed by atoms with E-state index in [0.717, 1.165) is 13.0 Å². The Balaban J connectivity index is 2.46. The van der Waals surface area contributed by atoms with Gasteiger partial charge in [0.15, 0.2) is 0 Å². The maximum Gasteiger partial charge on any atom is 0.408 e. The van der Waals surface area contributed by atoms with Crippen molar-refractivity contribution in [3.63, 3.8) is 0 Å². The molecule has 0 aromatic heterocycles. The van der Waals surface area contributed by atoms with Gasteiger partial charge in [-0.3, -0.25) is 4.79 Å². The number of carbonyl (C=O) groups is 1. The molecule has 1 aromatic carbocycles. The molecule has 0 fully saturated rings. The highest BCUT2D eigenvalue weighted by Crippen LogP contribution is 2.43. The van der Waals surface area contributed by atoms with E-state index in [-0.39, 0.29) is 11.1 Å². The Kier molecular flexibility index (Phi) is 3.12. The third kappa shape index (κ3) is 1.90. The average Bonchev–Trinajstić information content (AvgIpc) is 2.51. The van der Waals surface area contributed by atoms with Gasteiger partial charge in [-0.15, -0.1) is 0 Å². The fraction of sp³-hybridized carbons (Fsp3) is 0.364. The molecule has 0 saturated carbocycles. The number of nitrogens with zero attached hydrogens (tertiary/aromatic N) is 1. The monoisotopic (exact) mass is 325 g/mol. The lowest BCUT2D eigenvalue weighted by Crippen LogP contribution is -2.44. The zero-order valence-corrected chi connectivity index (χ0v) is 10.7. The van der Waals surface area contributed by atoms with Gasteiger partial charge in [0.05, 0.1) is 5.56 Å². The van der Waals surface area contributed by atoms with Crippen molar-refractivity contribution < 1.29 is 22.4 Å². The summed E-state index contributed by atoms with van der Waals surface area (Å²) in [5.41, 5.74) is -0.0772. The topological polar surface area (TPSA) is 20.3 Å². The molecule has 7 heteroatoms. The van der Waals surface area contributed by atoms with E-state index in [2.05, 4.69) is 15.9 Å². The zero-order chi connectivity index (χ0) is 13.7. The van der Waals surface area contributed by atoms with Crippen LogP contribution in [-0.4, -0.2) is 23.0 Å². The fourth-order valence-electron chi connectivity index (χ4n) is 1.88. The Morgan fingerprint density at radius 3 is 2.50 bits per heavy atom. The Labute approximate surface area is 109 Å². The van der Waals surface area contributed by atoms with Gasteiger partial charge in [0.2, 0.25) is 0 Å². The number of alkyl halides is 4. The Hall–Kier alpha value is -1.11. The first-order valence-corrected chi connectivity index (χ1v) is 5.98. The summed E-state index contributed by atoms with van der Waals surface area (Å²) in [6, 6.07) is 1.86. The number of fused-ring (bicyclic) bond motifs is 1. The van der Waals surface area contributed by atoms with Crippen LogP contribution in [0.2, 0.25) is 0 Å². The summed E-state index contributed by atoms with van der Waals surface area (Å²) in [5, 5.41) is 0. The van der Waals surface area contributed by atoms with Crippen LogP contribution in [0.4, 0.5) is 17.6 Å². The number of hydrogen-bond donors (Lipinski definition) is 0. The quantitative estimate of drug-likeness (QED) is 0.438. The van der Waals surface area contributed by atoms with Gasteiger partial charge in [0.1, 0.15) is 16.8 Å². The van der Waals surface area contributed by atoms with Crippen molar-refractivity contribution in [2.45, 2.75) is 24.1 Å². The van der Waals surface area contributed by atoms with E-state index in [0.29, 0.717) is 4.90 Å². The SMILES string of the molecule is CC(N1C(=O)c2c(F)cccc2[C@@H]1Br)C(F)(F)F. The minimum Gasteiger partial charge on any atom is -0.310 e. The van der Waals surface area contributed by atoms with Crippen molar-refractivity contribution in [1.29, 1.82) is 0 Å². The molecular weight excluding hydrogens is 318 g/mol. The molecule has 18 heavy (non-hydrogen) atoms. The van der Waals surface area contributed by atoms with Gasteiger partial charge in [-0.1, -0.05) is 28.1 Å². The van der Waals surface area contributed by atoms with Crippen molar-refractivity contribution in [1.82, 2.24) is 4.90 Å². The van der Waals surface area contributed by atoms with E-state index in [4.69, 9.17) is 0 Å². The molecule has 0 radical (unpaired) electrons. The van der Waals surface area contributed by atoms with E-state index < -0.39 is 28.9 Å². The maximum absolute atomic E-state index is 13.5. The second-order valence-corrected chi connectivity index (χ2v) is 4.84. The summed E-state index contributed by atoms with van der Waals surface area (Å²) < 4.78 is 51.5. The Morgan fingerprint density at radius 1 is 1.39 bits per heavy atom. The van der Waals surface area contributed by atoms with Gasteiger partial charge in [-0.05, 0) is 13.0 Å². The highest BCUT2D eigenvalue weighted by atomic mass is 79.9. The van der Waals surface area contributed by atoms with E-state index in [1.807, 2.05) is 0 Å². The number of halogens is 5. The molecule has 0 N–H and O–H groups in total. The summed E-state index contributed by atoms with van der Waals surface area (Å²) >= 11 is 3.01. The normalized spacial score (nSPS) is 21.1. The van der Waals surface area contributed by atoms with Crippen LogP contribution in [0.1, 0.15) is 27.8 Å². The first-order valence-electron chi connectivity index (χ1n) is 5.07.